The summed E-state index contributed by atoms with van der Waals surface area (Å²) in [4.78, 5) is 30.8. The molecule has 0 radical (unpaired) electrons. The molecular weight excluding hydrogens is 436 g/mol. The quantitative estimate of drug-likeness (QED) is 0.470. The first-order valence-corrected chi connectivity index (χ1v) is 9.58. The number of halogens is 1. The molecule has 0 fully saturated rings. The lowest BCUT2D eigenvalue weighted by atomic mass is 9.94. The van der Waals surface area contributed by atoms with E-state index in [-0.39, 0.29) is 17.1 Å². The van der Waals surface area contributed by atoms with Gasteiger partial charge in [0.05, 0.1) is 11.3 Å². The fourth-order valence-electron chi connectivity index (χ4n) is 3.20. The monoisotopic (exact) mass is 452 g/mol. The fraction of sp³-hybridized carbons (Fsp3) is 0.0952. The fourth-order valence-corrected chi connectivity index (χ4v) is 3.46. The topological polar surface area (TPSA) is 87.5 Å². The maximum absolute atomic E-state index is 12.5. The number of hydrogen-bond donors (Lipinski definition) is 2. The van der Waals surface area contributed by atoms with Crippen LogP contribution >= 0.6 is 15.9 Å². The molecular formula is C21H17BrN4O3. The summed E-state index contributed by atoms with van der Waals surface area (Å²) in [6.07, 6.45) is 1.50. The summed E-state index contributed by atoms with van der Waals surface area (Å²) in [7, 11) is 3.63. The van der Waals surface area contributed by atoms with E-state index < -0.39 is 11.8 Å². The number of benzene rings is 2. The number of aromatic nitrogens is 2. The maximum atomic E-state index is 12.5. The molecule has 1 aromatic heterocycles. The Labute approximate surface area is 175 Å². The summed E-state index contributed by atoms with van der Waals surface area (Å²) in [5, 5.41) is 13.2. The molecule has 0 saturated heterocycles. The van der Waals surface area contributed by atoms with Gasteiger partial charge in [0.15, 0.2) is 0 Å². The molecule has 0 aliphatic carbocycles. The van der Waals surface area contributed by atoms with Crippen LogP contribution in [0.4, 0.5) is 5.95 Å². The molecule has 7 nitrogen and oxygen atoms in total. The van der Waals surface area contributed by atoms with Crippen LogP contribution in [-0.4, -0.2) is 40.6 Å². The van der Waals surface area contributed by atoms with Gasteiger partial charge in [0, 0.05) is 29.7 Å². The molecule has 2 aromatic carbocycles. The third kappa shape index (κ3) is 3.31. The number of rotatable bonds is 3. The Morgan fingerprint density at radius 3 is 2.34 bits per heavy atom. The zero-order chi connectivity index (χ0) is 20.7. The summed E-state index contributed by atoms with van der Waals surface area (Å²) in [5.41, 5.74) is 2.12. The number of nitrogens with one attached hydrogen (secondary N) is 1. The van der Waals surface area contributed by atoms with Crippen molar-refractivity contribution in [2.75, 3.05) is 19.0 Å². The summed E-state index contributed by atoms with van der Waals surface area (Å²) < 4.78 is 2.51. The Morgan fingerprint density at radius 2 is 1.69 bits per heavy atom. The van der Waals surface area contributed by atoms with Gasteiger partial charge >= 0.3 is 0 Å². The Kier molecular flexibility index (Phi) is 4.71. The molecule has 0 spiro atoms. The van der Waals surface area contributed by atoms with E-state index in [0.717, 1.165) is 10.2 Å². The molecule has 1 aliphatic rings. The maximum Gasteiger partial charge on any atom is 0.258 e. The molecule has 0 bridgehead atoms. The zero-order valence-electron chi connectivity index (χ0n) is 15.7. The number of carbonyl (C=O) groups excluding carboxylic acids is 2. The van der Waals surface area contributed by atoms with E-state index in [4.69, 9.17) is 0 Å². The molecule has 0 unspecified atom stereocenters. The standard InChI is InChI=1S/C21H17BrN4O3/c1-25(2)21-23-17(20(29)26(21)13-9-7-12(22)8-10-13)11-16-14-5-3-4-6-15(14)18(27)24-19(16)28/h3-11,29H,1-2H3,(H,24,27,28)/b16-11-. The number of aromatic hydroxyl groups is 1. The van der Waals surface area contributed by atoms with Crippen LogP contribution in [0.3, 0.4) is 0 Å². The van der Waals surface area contributed by atoms with Crippen molar-refractivity contribution in [3.63, 3.8) is 0 Å². The van der Waals surface area contributed by atoms with Crippen molar-refractivity contribution in [2.45, 2.75) is 0 Å². The number of amides is 2. The highest BCUT2D eigenvalue weighted by Gasteiger charge is 2.28. The lowest BCUT2D eigenvalue weighted by Crippen LogP contribution is -2.36. The van der Waals surface area contributed by atoms with Crippen molar-refractivity contribution in [1.29, 1.82) is 0 Å². The predicted octanol–water partition coefficient (Wildman–Crippen LogP) is 3.22. The number of imide groups is 1. The van der Waals surface area contributed by atoms with E-state index in [1.54, 1.807) is 33.7 Å². The molecule has 1 aliphatic heterocycles. The van der Waals surface area contributed by atoms with Crippen molar-refractivity contribution in [3.05, 3.63) is 69.8 Å². The Hall–Kier alpha value is -3.39. The number of fused-ring (bicyclic) bond motifs is 1. The highest BCUT2D eigenvalue weighted by Crippen LogP contribution is 2.33. The number of imidazole rings is 1. The minimum absolute atomic E-state index is 0.106. The van der Waals surface area contributed by atoms with E-state index >= 15 is 0 Å². The van der Waals surface area contributed by atoms with Crippen molar-refractivity contribution in [1.82, 2.24) is 14.9 Å². The number of hydrogen-bond acceptors (Lipinski definition) is 5. The van der Waals surface area contributed by atoms with Crippen LogP contribution in [0, 0.1) is 0 Å². The third-order valence-corrected chi connectivity index (χ3v) is 5.09. The molecule has 0 saturated carbocycles. The average Bonchev–Trinajstić information content (AvgIpc) is 3.02. The van der Waals surface area contributed by atoms with Gasteiger partial charge < -0.3 is 10.0 Å². The van der Waals surface area contributed by atoms with Gasteiger partial charge in [-0.3, -0.25) is 14.9 Å². The molecule has 2 amide bonds. The number of nitrogens with zero attached hydrogens (tertiary/aromatic N) is 3. The highest BCUT2D eigenvalue weighted by atomic mass is 79.9. The molecule has 8 heteroatoms. The summed E-state index contributed by atoms with van der Waals surface area (Å²) >= 11 is 3.40. The van der Waals surface area contributed by atoms with Crippen LogP contribution in [-0.2, 0) is 4.79 Å². The van der Waals surface area contributed by atoms with E-state index in [9.17, 15) is 14.7 Å². The zero-order valence-corrected chi connectivity index (χ0v) is 17.3. The van der Waals surface area contributed by atoms with Gasteiger partial charge in [0.25, 0.3) is 11.8 Å². The molecule has 4 rings (SSSR count). The largest absolute Gasteiger partial charge is 0.493 e. The van der Waals surface area contributed by atoms with Crippen LogP contribution in [0.5, 0.6) is 5.88 Å². The first kappa shape index (κ1) is 18.9. The van der Waals surface area contributed by atoms with E-state index in [0.29, 0.717) is 17.1 Å². The Balaban J connectivity index is 1.90. The van der Waals surface area contributed by atoms with Gasteiger partial charge in [-0.25, -0.2) is 9.55 Å². The van der Waals surface area contributed by atoms with E-state index in [1.807, 2.05) is 38.4 Å². The molecule has 146 valence electrons. The Bertz CT molecular complexity index is 1160. The predicted molar refractivity (Wildman–Crippen MR) is 114 cm³/mol. The van der Waals surface area contributed by atoms with E-state index in [2.05, 4.69) is 26.2 Å². The first-order chi connectivity index (χ1) is 13.9. The third-order valence-electron chi connectivity index (χ3n) is 4.56. The second-order valence-electron chi connectivity index (χ2n) is 6.71. The van der Waals surface area contributed by atoms with Gasteiger partial charge in [0.1, 0.15) is 5.69 Å². The lowest BCUT2D eigenvalue weighted by Gasteiger charge is -2.17. The number of carbonyl (C=O) groups is 2. The molecule has 29 heavy (non-hydrogen) atoms. The van der Waals surface area contributed by atoms with Crippen LogP contribution in [0.15, 0.2) is 53.0 Å². The van der Waals surface area contributed by atoms with Gasteiger partial charge in [-0.05, 0) is 36.4 Å². The number of anilines is 1. The second-order valence-corrected chi connectivity index (χ2v) is 7.63. The second kappa shape index (κ2) is 7.21. The summed E-state index contributed by atoms with van der Waals surface area (Å²) in [6, 6.07) is 14.3. The van der Waals surface area contributed by atoms with Crippen molar-refractivity contribution in [3.8, 4) is 11.6 Å². The van der Waals surface area contributed by atoms with Crippen molar-refractivity contribution >= 4 is 45.3 Å². The van der Waals surface area contributed by atoms with Crippen LogP contribution in [0.25, 0.3) is 17.3 Å². The molecule has 2 N–H and O–H groups in total. The Morgan fingerprint density at radius 1 is 1.03 bits per heavy atom. The van der Waals surface area contributed by atoms with Gasteiger partial charge in [-0.15, -0.1) is 0 Å². The van der Waals surface area contributed by atoms with Gasteiger partial charge in [-0.2, -0.15) is 0 Å². The van der Waals surface area contributed by atoms with Crippen LogP contribution in [0.2, 0.25) is 0 Å². The lowest BCUT2D eigenvalue weighted by molar-refractivity contribution is -0.114. The van der Waals surface area contributed by atoms with Gasteiger partial charge in [-0.1, -0.05) is 34.1 Å². The minimum Gasteiger partial charge on any atom is -0.493 e. The van der Waals surface area contributed by atoms with Crippen LogP contribution in [0.1, 0.15) is 21.6 Å². The minimum atomic E-state index is -0.530. The first-order valence-electron chi connectivity index (χ1n) is 8.78. The normalized spacial score (nSPS) is 14.7. The van der Waals surface area contributed by atoms with E-state index in [1.165, 1.54) is 6.08 Å². The van der Waals surface area contributed by atoms with Gasteiger partial charge in [0.2, 0.25) is 11.8 Å². The average molecular weight is 453 g/mol. The molecule has 2 heterocycles. The molecule has 0 atom stereocenters. The van der Waals surface area contributed by atoms with Crippen molar-refractivity contribution in [2.24, 2.45) is 0 Å². The van der Waals surface area contributed by atoms with Crippen LogP contribution < -0.4 is 10.2 Å². The highest BCUT2D eigenvalue weighted by molar-refractivity contribution is 9.10. The summed E-state index contributed by atoms with van der Waals surface area (Å²) in [6.45, 7) is 0. The summed E-state index contributed by atoms with van der Waals surface area (Å²) in [5.74, 6) is -0.581. The SMILES string of the molecule is CN(C)c1nc(/C=C2\C(=O)NC(=O)c3ccccc32)c(O)n1-c1ccc(Br)cc1. The van der Waals surface area contributed by atoms with Crippen molar-refractivity contribution < 1.29 is 14.7 Å². The smallest absolute Gasteiger partial charge is 0.258 e. The molecule has 3 aromatic rings.